The molecule has 0 spiro atoms. The number of aryl methyl sites for hydroxylation is 1. The zero-order chi connectivity index (χ0) is 22.6. The first-order valence-electron chi connectivity index (χ1n) is 11.0. The third-order valence-electron chi connectivity index (χ3n) is 4.89. The Balaban J connectivity index is 0.00000385. The summed E-state index contributed by atoms with van der Waals surface area (Å²) in [4.78, 5) is 4.70. The highest BCUT2D eigenvalue weighted by Crippen LogP contribution is 2.29. The lowest BCUT2D eigenvalue weighted by Gasteiger charge is -2.13. The molecule has 0 radical (unpaired) electrons. The maximum absolute atomic E-state index is 5.94. The van der Waals surface area contributed by atoms with Crippen molar-refractivity contribution in [3.05, 3.63) is 71.8 Å². The van der Waals surface area contributed by atoms with Crippen molar-refractivity contribution in [2.75, 3.05) is 20.2 Å². The molecule has 178 valence electrons. The normalized spacial score (nSPS) is 10.9. The molecule has 9 heteroatoms. The van der Waals surface area contributed by atoms with Gasteiger partial charge in [-0.3, -0.25) is 0 Å². The van der Waals surface area contributed by atoms with Gasteiger partial charge in [0.2, 0.25) is 0 Å². The second kappa shape index (κ2) is 14.4. The molecule has 1 aromatic heterocycles. The van der Waals surface area contributed by atoms with Crippen molar-refractivity contribution in [2.24, 2.45) is 4.99 Å². The summed E-state index contributed by atoms with van der Waals surface area (Å²) >= 11 is 0. The van der Waals surface area contributed by atoms with E-state index in [1.807, 2.05) is 55.5 Å². The molecular formula is C24H33IN6O2. The minimum Gasteiger partial charge on any atom is -0.493 e. The van der Waals surface area contributed by atoms with E-state index in [9.17, 15) is 0 Å². The molecule has 0 amide bonds. The average Bonchev–Trinajstić information content (AvgIpc) is 3.29. The van der Waals surface area contributed by atoms with E-state index in [2.05, 4.69) is 32.3 Å². The standard InChI is InChI=1S/C24H32N6O2.HI/c1-4-23-29-28-18-30(23)14-13-26-24(25-5-2)27-16-20-11-12-21(22(15-20)31-3)32-17-19-9-7-6-8-10-19;/h6-12,15,18H,4-5,13-14,16-17H2,1-3H3,(H2,25,26,27);1H. The van der Waals surface area contributed by atoms with E-state index in [-0.39, 0.29) is 24.0 Å². The van der Waals surface area contributed by atoms with E-state index < -0.39 is 0 Å². The van der Waals surface area contributed by atoms with Gasteiger partial charge in [0, 0.05) is 26.1 Å². The summed E-state index contributed by atoms with van der Waals surface area (Å²) in [6.07, 6.45) is 2.62. The number of aliphatic imine (C=N–C) groups is 1. The molecule has 0 aliphatic rings. The minimum atomic E-state index is 0. The Labute approximate surface area is 212 Å². The fourth-order valence-electron chi connectivity index (χ4n) is 3.21. The van der Waals surface area contributed by atoms with Crippen molar-refractivity contribution in [2.45, 2.75) is 40.0 Å². The molecule has 0 saturated heterocycles. The Morgan fingerprint density at radius 3 is 2.58 bits per heavy atom. The molecule has 2 aromatic carbocycles. The summed E-state index contributed by atoms with van der Waals surface area (Å²) in [6.45, 7) is 7.44. The van der Waals surface area contributed by atoms with Crippen molar-refractivity contribution in [3.8, 4) is 11.5 Å². The van der Waals surface area contributed by atoms with Gasteiger partial charge < -0.3 is 24.7 Å². The van der Waals surface area contributed by atoms with Gasteiger partial charge in [0.1, 0.15) is 18.8 Å². The summed E-state index contributed by atoms with van der Waals surface area (Å²) in [6, 6.07) is 16.0. The highest BCUT2D eigenvalue weighted by Gasteiger charge is 2.07. The molecule has 3 aromatic rings. The van der Waals surface area contributed by atoms with Crippen LogP contribution in [0.3, 0.4) is 0 Å². The lowest BCUT2D eigenvalue weighted by molar-refractivity contribution is 0.284. The Hall–Kier alpha value is -2.82. The van der Waals surface area contributed by atoms with E-state index in [4.69, 9.17) is 14.5 Å². The van der Waals surface area contributed by atoms with Gasteiger partial charge in [-0.05, 0) is 30.2 Å². The second-order valence-corrected chi connectivity index (χ2v) is 7.18. The van der Waals surface area contributed by atoms with Crippen LogP contribution in [0.25, 0.3) is 0 Å². The fraction of sp³-hybridized carbons (Fsp3) is 0.375. The van der Waals surface area contributed by atoms with Crippen molar-refractivity contribution in [3.63, 3.8) is 0 Å². The molecule has 0 aliphatic carbocycles. The van der Waals surface area contributed by atoms with Crippen molar-refractivity contribution in [1.82, 2.24) is 25.4 Å². The molecular weight excluding hydrogens is 531 g/mol. The average molecular weight is 564 g/mol. The van der Waals surface area contributed by atoms with Gasteiger partial charge in [0.15, 0.2) is 17.5 Å². The van der Waals surface area contributed by atoms with Gasteiger partial charge in [-0.1, -0.05) is 43.3 Å². The number of aromatic nitrogens is 3. The first kappa shape index (κ1) is 26.4. The van der Waals surface area contributed by atoms with E-state index >= 15 is 0 Å². The van der Waals surface area contributed by atoms with Crippen molar-refractivity contribution < 1.29 is 9.47 Å². The molecule has 0 atom stereocenters. The van der Waals surface area contributed by atoms with Gasteiger partial charge >= 0.3 is 0 Å². The number of nitrogens with zero attached hydrogens (tertiary/aromatic N) is 4. The van der Waals surface area contributed by atoms with Gasteiger partial charge in [-0.15, -0.1) is 34.2 Å². The highest BCUT2D eigenvalue weighted by molar-refractivity contribution is 14.0. The van der Waals surface area contributed by atoms with Crippen LogP contribution in [0.5, 0.6) is 11.5 Å². The second-order valence-electron chi connectivity index (χ2n) is 7.18. The zero-order valence-electron chi connectivity index (χ0n) is 19.5. The van der Waals surface area contributed by atoms with Gasteiger partial charge in [-0.2, -0.15) is 0 Å². The van der Waals surface area contributed by atoms with Gasteiger partial charge in [0.25, 0.3) is 0 Å². The molecule has 2 N–H and O–H groups in total. The van der Waals surface area contributed by atoms with Crippen molar-refractivity contribution in [1.29, 1.82) is 0 Å². The summed E-state index contributed by atoms with van der Waals surface area (Å²) in [7, 11) is 1.65. The van der Waals surface area contributed by atoms with E-state index in [0.717, 1.165) is 54.7 Å². The quantitative estimate of drug-likeness (QED) is 0.210. The zero-order valence-corrected chi connectivity index (χ0v) is 21.8. The Morgan fingerprint density at radius 1 is 1.03 bits per heavy atom. The van der Waals surface area contributed by atoms with Crippen LogP contribution in [0, 0.1) is 0 Å². The van der Waals surface area contributed by atoms with E-state index in [1.165, 1.54) is 0 Å². The topological polar surface area (TPSA) is 85.6 Å². The molecule has 0 unspecified atom stereocenters. The Kier molecular flexibility index (Phi) is 11.5. The Morgan fingerprint density at radius 2 is 1.85 bits per heavy atom. The number of hydrogen-bond acceptors (Lipinski definition) is 5. The van der Waals surface area contributed by atoms with E-state index in [0.29, 0.717) is 18.9 Å². The monoisotopic (exact) mass is 564 g/mol. The number of guanidine groups is 1. The lowest BCUT2D eigenvalue weighted by Crippen LogP contribution is -2.38. The van der Waals surface area contributed by atoms with Crippen LogP contribution in [0.4, 0.5) is 0 Å². The van der Waals surface area contributed by atoms with E-state index in [1.54, 1.807) is 13.4 Å². The van der Waals surface area contributed by atoms with Crippen LogP contribution >= 0.6 is 24.0 Å². The van der Waals surface area contributed by atoms with Crippen LogP contribution < -0.4 is 20.1 Å². The molecule has 0 aliphatic heterocycles. The fourth-order valence-corrected chi connectivity index (χ4v) is 3.21. The number of nitrogens with one attached hydrogen (secondary N) is 2. The largest absolute Gasteiger partial charge is 0.493 e. The number of rotatable bonds is 11. The Bertz CT molecular complexity index is 994. The molecule has 33 heavy (non-hydrogen) atoms. The van der Waals surface area contributed by atoms with Crippen LogP contribution in [-0.4, -0.2) is 40.9 Å². The van der Waals surface area contributed by atoms with Gasteiger partial charge in [-0.25, -0.2) is 4.99 Å². The van der Waals surface area contributed by atoms with Crippen LogP contribution in [0.15, 0.2) is 59.9 Å². The molecule has 1 heterocycles. The maximum Gasteiger partial charge on any atom is 0.191 e. The SMILES string of the molecule is CCNC(=NCc1ccc(OCc2ccccc2)c(OC)c1)NCCn1cnnc1CC.I. The van der Waals surface area contributed by atoms with Crippen LogP contribution in [0.1, 0.15) is 30.8 Å². The molecule has 0 fully saturated rings. The van der Waals surface area contributed by atoms with Gasteiger partial charge in [0.05, 0.1) is 13.7 Å². The summed E-state index contributed by atoms with van der Waals surface area (Å²) in [5, 5.41) is 14.7. The molecule has 8 nitrogen and oxygen atoms in total. The number of methoxy groups -OCH3 is 1. The summed E-state index contributed by atoms with van der Waals surface area (Å²) in [5.41, 5.74) is 2.15. The maximum atomic E-state index is 5.94. The lowest BCUT2D eigenvalue weighted by atomic mass is 10.2. The first-order chi connectivity index (χ1) is 15.7. The minimum absolute atomic E-state index is 0. The summed E-state index contributed by atoms with van der Waals surface area (Å²) in [5.74, 6) is 3.17. The first-order valence-corrected chi connectivity index (χ1v) is 11.0. The third-order valence-corrected chi connectivity index (χ3v) is 4.89. The molecule has 0 saturated carbocycles. The number of benzene rings is 2. The molecule has 0 bridgehead atoms. The molecule has 3 rings (SSSR count). The predicted octanol–water partition coefficient (Wildman–Crippen LogP) is 3.80. The van der Waals surface area contributed by atoms with Crippen molar-refractivity contribution >= 4 is 29.9 Å². The number of ether oxygens (including phenoxy) is 2. The highest BCUT2D eigenvalue weighted by atomic mass is 127. The number of halogens is 1. The third kappa shape index (κ3) is 8.23. The number of hydrogen-bond donors (Lipinski definition) is 2. The van der Waals surface area contributed by atoms with Crippen LogP contribution in [0.2, 0.25) is 0 Å². The predicted molar refractivity (Wildman–Crippen MR) is 141 cm³/mol. The summed E-state index contributed by atoms with van der Waals surface area (Å²) < 4.78 is 13.5. The van der Waals surface area contributed by atoms with Crippen LogP contribution in [-0.2, 0) is 26.1 Å². The smallest absolute Gasteiger partial charge is 0.191 e.